The second-order valence-electron chi connectivity index (χ2n) is 5.44. The molecule has 8 heteroatoms. The molecule has 0 saturated carbocycles. The molecule has 2 rings (SSSR count). The van der Waals surface area contributed by atoms with Crippen molar-refractivity contribution in [2.75, 3.05) is 47.1 Å². The minimum atomic E-state index is -3.56. The normalized spacial score (nSPS) is 19.5. The lowest BCUT2D eigenvalue weighted by Crippen LogP contribution is -2.46. The number of rotatable bonds is 9. The van der Waals surface area contributed by atoms with Crippen LogP contribution in [0.25, 0.3) is 0 Å². The summed E-state index contributed by atoms with van der Waals surface area (Å²) in [5.41, 5.74) is 0.986. The molecule has 1 saturated heterocycles. The van der Waals surface area contributed by atoms with E-state index >= 15 is 0 Å². The Morgan fingerprint density at radius 3 is 2.39 bits per heavy atom. The van der Waals surface area contributed by atoms with Gasteiger partial charge in [-0.1, -0.05) is 0 Å². The fourth-order valence-corrected chi connectivity index (χ4v) is 4.63. The van der Waals surface area contributed by atoms with E-state index in [-0.39, 0.29) is 6.04 Å². The maximum absolute atomic E-state index is 13.1. The molecule has 1 aromatic heterocycles. The van der Waals surface area contributed by atoms with Gasteiger partial charge in [-0.25, -0.2) is 0 Å². The first-order valence-corrected chi connectivity index (χ1v) is 9.15. The highest BCUT2D eigenvalue weighted by atomic mass is 32.2. The van der Waals surface area contributed by atoms with E-state index in [4.69, 9.17) is 9.47 Å². The lowest BCUT2D eigenvalue weighted by molar-refractivity contribution is 0.146. The van der Waals surface area contributed by atoms with Crippen molar-refractivity contribution in [1.29, 1.82) is 0 Å². The van der Waals surface area contributed by atoms with Crippen LogP contribution in [-0.2, 0) is 19.7 Å². The smallest absolute Gasteiger partial charge is 0.282 e. The quantitative estimate of drug-likeness (QED) is 0.670. The zero-order valence-corrected chi connectivity index (χ0v) is 14.5. The largest absolute Gasteiger partial charge is 0.383 e. The summed E-state index contributed by atoms with van der Waals surface area (Å²) in [6, 6.07) is 3.64. The average Bonchev–Trinajstić information content (AvgIpc) is 3.06. The van der Waals surface area contributed by atoms with Gasteiger partial charge in [0.15, 0.2) is 0 Å². The van der Waals surface area contributed by atoms with Gasteiger partial charge in [0.2, 0.25) is 0 Å². The van der Waals surface area contributed by atoms with Gasteiger partial charge in [0.25, 0.3) is 10.2 Å². The van der Waals surface area contributed by atoms with E-state index in [0.717, 1.165) is 18.4 Å². The summed E-state index contributed by atoms with van der Waals surface area (Å²) < 4.78 is 39.2. The summed E-state index contributed by atoms with van der Waals surface area (Å²) in [7, 11) is -0.424. The Hall–Kier alpha value is -1.06. The lowest BCUT2D eigenvalue weighted by Gasteiger charge is -2.31. The molecule has 0 aliphatic carbocycles. The Bertz CT molecular complexity index is 559. The summed E-state index contributed by atoms with van der Waals surface area (Å²) in [4.78, 5) is 4.01. The molecule has 130 valence electrons. The van der Waals surface area contributed by atoms with Crippen molar-refractivity contribution in [3.63, 3.8) is 0 Å². The highest BCUT2D eigenvalue weighted by Gasteiger charge is 2.38. The van der Waals surface area contributed by atoms with Gasteiger partial charge in [-0.15, -0.1) is 0 Å². The van der Waals surface area contributed by atoms with Crippen molar-refractivity contribution in [3.8, 4) is 0 Å². The highest BCUT2D eigenvalue weighted by Crippen LogP contribution is 2.34. The number of hydrogen-bond acceptors (Lipinski definition) is 5. The lowest BCUT2D eigenvalue weighted by atomic mass is 10.1. The number of ether oxygens (including phenoxy) is 2. The van der Waals surface area contributed by atoms with Gasteiger partial charge in [0, 0.05) is 46.2 Å². The first-order chi connectivity index (χ1) is 11.1. The summed E-state index contributed by atoms with van der Waals surface area (Å²) in [5.74, 6) is 0. The molecule has 0 N–H and O–H groups in total. The van der Waals surface area contributed by atoms with Crippen LogP contribution in [0.1, 0.15) is 24.4 Å². The van der Waals surface area contributed by atoms with Crippen LogP contribution in [0, 0.1) is 0 Å². The molecule has 1 aliphatic rings. The number of methoxy groups -OCH3 is 2. The predicted molar refractivity (Wildman–Crippen MR) is 87.2 cm³/mol. The molecule has 23 heavy (non-hydrogen) atoms. The summed E-state index contributed by atoms with van der Waals surface area (Å²) in [6.45, 7) is 1.89. The Morgan fingerprint density at radius 2 is 1.83 bits per heavy atom. The number of aromatic nitrogens is 1. The molecule has 1 aromatic rings. The van der Waals surface area contributed by atoms with E-state index in [1.165, 1.54) is 4.31 Å². The monoisotopic (exact) mass is 343 g/mol. The van der Waals surface area contributed by atoms with Crippen LogP contribution in [-0.4, -0.2) is 69.1 Å². The Kier molecular flexibility index (Phi) is 6.91. The predicted octanol–water partition coefficient (Wildman–Crippen LogP) is 1.06. The minimum absolute atomic E-state index is 0.129. The van der Waals surface area contributed by atoms with Crippen LogP contribution >= 0.6 is 0 Å². The Labute approximate surface area is 138 Å². The first-order valence-electron chi connectivity index (χ1n) is 7.76. The van der Waals surface area contributed by atoms with Gasteiger partial charge in [-0.3, -0.25) is 4.98 Å². The third kappa shape index (κ3) is 4.48. The van der Waals surface area contributed by atoms with Crippen LogP contribution in [0.3, 0.4) is 0 Å². The summed E-state index contributed by atoms with van der Waals surface area (Å²) in [6.07, 6.45) is 5.08. The van der Waals surface area contributed by atoms with E-state index in [2.05, 4.69) is 4.98 Å². The Balaban J connectivity index is 2.20. The fraction of sp³-hybridized carbons (Fsp3) is 0.667. The number of hydrogen-bond donors (Lipinski definition) is 0. The molecule has 1 fully saturated rings. The molecule has 0 bridgehead atoms. The van der Waals surface area contributed by atoms with Crippen molar-refractivity contribution in [2.24, 2.45) is 0 Å². The topological polar surface area (TPSA) is 72.0 Å². The number of pyridine rings is 1. The molecule has 0 spiro atoms. The number of nitrogens with zero attached hydrogens (tertiary/aromatic N) is 3. The van der Waals surface area contributed by atoms with Crippen molar-refractivity contribution >= 4 is 10.2 Å². The van der Waals surface area contributed by atoms with Crippen molar-refractivity contribution in [2.45, 2.75) is 18.9 Å². The molecule has 0 unspecified atom stereocenters. The second-order valence-corrected chi connectivity index (χ2v) is 7.32. The van der Waals surface area contributed by atoms with Gasteiger partial charge >= 0.3 is 0 Å². The molecule has 2 heterocycles. The summed E-state index contributed by atoms with van der Waals surface area (Å²) in [5, 5.41) is 0. The van der Waals surface area contributed by atoms with E-state index in [1.54, 1.807) is 30.9 Å². The maximum Gasteiger partial charge on any atom is 0.282 e. The van der Waals surface area contributed by atoms with E-state index in [0.29, 0.717) is 32.8 Å². The van der Waals surface area contributed by atoms with Gasteiger partial charge in [-0.05, 0) is 30.5 Å². The molecular formula is C15H25N3O4S. The van der Waals surface area contributed by atoms with Crippen LogP contribution in [0.5, 0.6) is 0 Å². The van der Waals surface area contributed by atoms with Crippen LogP contribution in [0.15, 0.2) is 24.5 Å². The average molecular weight is 343 g/mol. The fourth-order valence-electron chi connectivity index (χ4n) is 2.81. The SMILES string of the molecule is COCCN(CCOC)S(=O)(=O)N1CCC[C@H]1c1ccncc1. The van der Waals surface area contributed by atoms with Crippen molar-refractivity contribution in [3.05, 3.63) is 30.1 Å². The zero-order valence-electron chi connectivity index (χ0n) is 13.7. The van der Waals surface area contributed by atoms with Gasteiger partial charge in [0.1, 0.15) is 0 Å². The van der Waals surface area contributed by atoms with Crippen LogP contribution in [0.4, 0.5) is 0 Å². The van der Waals surface area contributed by atoms with Gasteiger partial charge < -0.3 is 9.47 Å². The van der Waals surface area contributed by atoms with E-state index < -0.39 is 10.2 Å². The second kappa shape index (κ2) is 8.70. The van der Waals surface area contributed by atoms with Crippen molar-refractivity contribution < 1.29 is 17.9 Å². The first kappa shape index (κ1) is 18.3. The standard InChI is InChI=1S/C15H25N3O4S/c1-21-12-10-17(11-13-22-2)23(19,20)18-9-3-4-15(18)14-5-7-16-8-6-14/h5-8,15H,3-4,9-13H2,1-2H3/t15-/m0/s1. The molecule has 0 radical (unpaired) electrons. The third-order valence-electron chi connectivity index (χ3n) is 4.01. The summed E-state index contributed by atoms with van der Waals surface area (Å²) >= 11 is 0. The third-order valence-corrected chi connectivity index (χ3v) is 6.05. The molecule has 0 aromatic carbocycles. The maximum atomic E-state index is 13.1. The highest BCUT2D eigenvalue weighted by molar-refractivity contribution is 7.86. The van der Waals surface area contributed by atoms with Crippen molar-refractivity contribution in [1.82, 2.24) is 13.6 Å². The zero-order chi connectivity index (χ0) is 16.7. The van der Waals surface area contributed by atoms with Crippen LogP contribution < -0.4 is 0 Å². The Morgan fingerprint density at radius 1 is 1.22 bits per heavy atom. The van der Waals surface area contributed by atoms with E-state index in [9.17, 15) is 8.42 Å². The molecular weight excluding hydrogens is 318 g/mol. The minimum Gasteiger partial charge on any atom is -0.383 e. The molecule has 7 nitrogen and oxygen atoms in total. The molecule has 1 aliphatic heterocycles. The molecule has 1 atom stereocenters. The van der Waals surface area contributed by atoms with Gasteiger partial charge in [-0.2, -0.15) is 17.0 Å². The molecule has 0 amide bonds. The van der Waals surface area contributed by atoms with Gasteiger partial charge in [0.05, 0.1) is 19.3 Å². The van der Waals surface area contributed by atoms with E-state index in [1.807, 2.05) is 12.1 Å². The van der Waals surface area contributed by atoms with Crippen LogP contribution in [0.2, 0.25) is 0 Å².